The van der Waals surface area contributed by atoms with Gasteiger partial charge in [0, 0.05) is 11.1 Å². The molecule has 1 fully saturated rings. The number of hydrogen-bond acceptors (Lipinski definition) is 0. The molecule has 16 heavy (non-hydrogen) atoms. The molecule has 0 aliphatic carbocycles. The average molecular weight is 222 g/mol. The molecule has 0 amide bonds. The highest BCUT2D eigenvalue weighted by atomic mass is 15.2. The minimum absolute atomic E-state index is 0.894. The van der Waals surface area contributed by atoms with Gasteiger partial charge in [0.05, 0.1) is 13.6 Å². The molecule has 88 valence electrons. The maximum atomic E-state index is 3.90. The normalized spacial score (nSPS) is 25.6. The zero-order valence-corrected chi connectivity index (χ0v) is 10.3. The largest absolute Gasteiger partial charge is 0.354 e. The van der Waals surface area contributed by atoms with Gasteiger partial charge in [0.2, 0.25) is 0 Å². The molecular formula is C13H24N3+3. The van der Waals surface area contributed by atoms with Crippen LogP contribution in [0.5, 0.6) is 0 Å². The molecule has 1 aromatic rings. The number of hydrogen-bond donors (Lipinski definition) is 3. The summed E-state index contributed by atoms with van der Waals surface area (Å²) in [7, 11) is 2.29. The minimum atomic E-state index is 0.894. The van der Waals surface area contributed by atoms with E-state index in [1.54, 1.807) is 9.80 Å². The second-order valence-electron chi connectivity index (χ2n) is 4.95. The van der Waals surface area contributed by atoms with Crippen molar-refractivity contribution in [1.82, 2.24) is 0 Å². The van der Waals surface area contributed by atoms with E-state index >= 15 is 0 Å². The zero-order chi connectivity index (χ0) is 11.4. The zero-order valence-electron chi connectivity index (χ0n) is 10.3. The van der Waals surface area contributed by atoms with E-state index in [-0.39, 0.29) is 0 Å². The summed E-state index contributed by atoms with van der Waals surface area (Å²) in [5.74, 6) is 0. The van der Waals surface area contributed by atoms with E-state index in [0.717, 1.165) is 6.54 Å². The molecule has 0 bridgehead atoms. The van der Waals surface area contributed by atoms with E-state index in [2.05, 4.69) is 37.0 Å². The number of rotatable bonds is 3. The monoisotopic (exact) mass is 222 g/mol. The van der Waals surface area contributed by atoms with Gasteiger partial charge < -0.3 is 15.5 Å². The molecule has 1 aromatic carbocycles. The van der Waals surface area contributed by atoms with Crippen LogP contribution in [0.15, 0.2) is 24.3 Å². The Labute approximate surface area is 97.8 Å². The molecule has 5 N–H and O–H groups in total. The maximum absolute atomic E-state index is 3.90. The Morgan fingerprint density at radius 2 is 1.56 bits per heavy atom. The summed E-state index contributed by atoms with van der Waals surface area (Å²) in [6.07, 6.45) is 0. The number of nitrogens with one attached hydrogen (secondary N) is 2. The van der Waals surface area contributed by atoms with Gasteiger partial charge in [0.15, 0.2) is 0 Å². The van der Waals surface area contributed by atoms with Crippen molar-refractivity contribution in [3.05, 3.63) is 35.4 Å². The molecule has 0 spiro atoms. The van der Waals surface area contributed by atoms with Gasteiger partial charge in [-0.2, -0.15) is 0 Å². The van der Waals surface area contributed by atoms with Crippen LogP contribution in [0, 0.1) is 0 Å². The summed E-state index contributed by atoms with van der Waals surface area (Å²) in [5, 5.41) is 0. The van der Waals surface area contributed by atoms with E-state index < -0.39 is 0 Å². The molecule has 3 nitrogen and oxygen atoms in total. The summed E-state index contributed by atoms with van der Waals surface area (Å²) in [4.78, 5) is 3.41. The van der Waals surface area contributed by atoms with Crippen LogP contribution >= 0.6 is 0 Å². The van der Waals surface area contributed by atoms with Crippen LogP contribution in [0.3, 0.4) is 0 Å². The predicted octanol–water partition coefficient (Wildman–Crippen LogP) is -2.66. The predicted molar refractivity (Wildman–Crippen MR) is 64.1 cm³/mol. The smallest absolute Gasteiger partial charge is 0.127 e. The lowest BCUT2D eigenvalue weighted by molar-refractivity contribution is -1.01. The van der Waals surface area contributed by atoms with Crippen LogP contribution in [0.25, 0.3) is 0 Å². The Morgan fingerprint density at radius 3 is 2.12 bits per heavy atom. The first-order chi connectivity index (χ1) is 7.78. The topological polar surface area (TPSA) is 36.5 Å². The van der Waals surface area contributed by atoms with Crippen molar-refractivity contribution in [2.24, 2.45) is 0 Å². The fourth-order valence-electron chi connectivity index (χ4n) is 2.32. The molecule has 1 heterocycles. The van der Waals surface area contributed by atoms with Crippen molar-refractivity contribution in [2.75, 3.05) is 33.2 Å². The van der Waals surface area contributed by atoms with Gasteiger partial charge in [-0.3, -0.25) is 0 Å². The van der Waals surface area contributed by atoms with Crippen molar-refractivity contribution < 1.29 is 15.5 Å². The third-order valence-electron chi connectivity index (χ3n) is 3.58. The summed E-state index contributed by atoms with van der Waals surface area (Å²) in [6, 6.07) is 8.95. The van der Waals surface area contributed by atoms with Gasteiger partial charge in [0.25, 0.3) is 0 Å². The molecule has 0 atom stereocenters. The van der Waals surface area contributed by atoms with Crippen molar-refractivity contribution >= 4 is 0 Å². The van der Waals surface area contributed by atoms with E-state index in [4.69, 9.17) is 0 Å². The average Bonchev–Trinajstić information content (AvgIpc) is 2.33. The maximum Gasteiger partial charge on any atom is 0.127 e. The molecule has 0 unspecified atom stereocenters. The molecule has 0 radical (unpaired) electrons. The Balaban J connectivity index is 1.88. The third-order valence-corrected chi connectivity index (χ3v) is 3.58. The number of likely N-dealkylation sites (N-methyl/N-ethyl adjacent to an activating group) is 1. The number of quaternary nitrogens is 3. The van der Waals surface area contributed by atoms with Crippen molar-refractivity contribution in [3.8, 4) is 0 Å². The van der Waals surface area contributed by atoms with Crippen LogP contribution in [0.1, 0.15) is 11.1 Å². The molecule has 1 aliphatic rings. The lowest BCUT2D eigenvalue weighted by Crippen LogP contribution is -3.26. The van der Waals surface area contributed by atoms with Gasteiger partial charge >= 0.3 is 0 Å². The summed E-state index contributed by atoms with van der Waals surface area (Å²) < 4.78 is 0. The molecule has 0 aromatic heterocycles. The van der Waals surface area contributed by atoms with Crippen LogP contribution in [0.2, 0.25) is 0 Å². The highest BCUT2D eigenvalue weighted by molar-refractivity contribution is 5.20. The quantitative estimate of drug-likeness (QED) is 0.499. The van der Waals surface area contributed by atoms with Crippen molar-refractivity contribution in [3.63, 3.8) is 0 Å². The van der Waals surface area contributed by atoms with Gasteiger partial charge in [-0.25, -0.2) is 0 Å². The summed E-state index contributed by atoms with van der Waals surface area (Å²) >= 11 is 0. The van der Waals surface area contributed by atoms with E-state index in [1.165, 1.54) is 43.9 Å². The fourth-order valence-corrected chi connectivity index (χ4v) is 2.32. The first kappa shape index (κ1) is 11.6. The molecule has 3 heteroatoms. The Kier molecular flexibility index (Phi) is 3.93. The van der Waals surface area contributed by atoms with Gasteiger partial charge in [-0.1, -0.05) is 24.3 Å². The SMILES string of the molecule is C[NH+]1CC[NH+](Cc2ccc(C[NH3+])cc2)CC1. The van der Waals surface area contributed by atoms with Crippen LogP contribution in [-0.4, -0.2) is 33.2 Å². The van der Waals surface area contributed by atoms with E-state index in [9.17, 15) is 0 Å². The first-order valence-electron chi connectivity index (χ1n) is 6.30. The van der Waals surface area contributed by atoms with Crippen molar-refractivity contribution in [2.45, 2.75) is 13.1 Å². The van der Waals surface area contributed by atoms with Crippen LogP contribution < -0.4 is 15.5 Å². The molecule has 1 aliphatic heterocycles. The molecule has 1 saturated heterocycles. The van der Waals surface area contributed by atoms with E-state index in [1.807, 2.05) is 0 Å². The molecule has 0 saturated carbocycles. The number of piperazine rings is 1. The van der Waals surface area contributed by atoms with Crippen LogP contribution in [-0.2, 0) is 13.1 Å². The second kappa shape index (κ2) is 5.43. The highest BCUT2D eigenvalue weighted by Gasteiger charge is 2.19. The van der Waals surface area contributed by atoms with Crippen molar-refractivity contribution in [1.29, 1.82) is 0 Å². The molecule has 2 rings (SSSR count). The summed E-state index contributed by atoms with van der Waals surface area (Å²) in [6.45, 7) is 7.32. The van der Waals surface area contributed by atoms with Crippen LogP contribution in [0.4, 0.5) is 0 Å². The lowest BCUT2D eigenvalue weighted by atomic mass is 10.1. The van der Waals surface area contributed by atoms with Gasteiger partial charge in [-0.15, -0.1) is 0 Å². The third kappa shape index (κ3) is 3.04. The molecular weight excluding hydrogens is 198 g/mol. The Hall–Kier alpha value is -0.900. The van der Waals surface area contributed by atoms with Gasteiger partial charge in [-0.05, 0) is 0 Å². The minimum Gasteiger partial charge on any atom is -0.354 e. The Morgan fingerprint density at radius 1 is 1.00 bits per heavy atom. The second-order valence-corrected chi connectivity index (χ2v) is 4.95. The highest BCUT2D eigenvalue weighted by Crippen LogP contribution is 2.01. The number of benzene rings is 1. The first-order valence-corrected chi connectivity index (χ1v) is 6.30. The standard InChI is InChI=1S/C13H21N3/c1-15-6-8-16(9-7-15)11-13-4-2-12(10-14)3-5-13/h2-5H,6-11,14H2,1H3/p+3. The van der Waals surface area contributed by atoms with Gasteiger partial charge in [0.1, 0.15) is 32.7 Å². The lowest BCUT2D eigenvalue weighted by Gasteiger charge is -2.27. The van der Waals surface area contributed by atoms with E-state index in [0.29, 0.717) is 0 Å². The Bertz CT molecular complexity index is 312. The fraction of sp³-hybridized carbons (Fsp3) is 0.538. The summed E-state index contributed by atoms with van der Waals surface area (Å²) in [5.41, 5.74) is 6.70.